The van der Waals surface area contributed by atoms with Crippen LogP contribution in [0.4, 0.5) is 18.9 Å². The summed E-state index contributed by atoms with van der Waals surface area (Å²) in [4.78, 5) is 66.8. The summed E-state index contributed by atoms with van der Waals surface area (Å²) in [5, 5.41) is 13.0. The lowest BCUT2D eigenvalue weighted by atomic mass is 9.99. The number of hydrogen-bond donors (Lipinski definition) is 2. The van der Waals surface area contributed by atoms with E-state index in [-0.39, 0.29) is 34.4 Å². The first-order valence-corrected chi connectivity index (χ1v) is 16.1. The fraction of sp³-hybridized carbons (Fsp3) is 0.343. The normalized spacial score (nSPS) is 13.2. The van der Waals surface area contributed by atoms with E-state index in [1.54, 1.807) is 31.2 Å². The minimum atomic E-state index is -2.17. The average molecular weight is 710 g/mol. The summed E-state index contributed by atoms with van der Waals surface area (Å²) in [5.74, 6) is -2.95. The second-order valence-electron chi connectivity index (χ2n) is 11.2. The molecule has 5 aromatic rings. The highest BCUT2D eigenvalue weighted by molar-refractivity contribution is 5.99. The van der Waals surface area contributed by atoms with E-state index in [1.807, 2.05) is 18.7 Å². The number of alkyl halides is 2. The number of nitrogens with one attached hydrogen (secondary N) is 1. The summed E-state index contributed by atoms with van der Waals surface area (Å²) in [7, 11) is 1.47. The Hall–Kier alpha value is -5.64. The maximum atomic E-state index is 15.3. The lowest BCUT2D eigenvalue weighted by Crippen LogP contribution is -2.43. The molecule has 3 aromatic heterocycles. The number of anilines is 1. The molecule has 16 heteroatoms. The summed E-state index contributed by atoms with van der Waals surface area (Å²) in [6, 6.07) is 7.89. The van der Waals surface area contributed by atoms with Crippen LogP contribution in [0.1, 0.15) is 42.3 Å². The quantitative estimate of drug-likeness (QED) is 0.253. The third-order valence-electron chi connectivity index (χ3n) is 7.86. The number of carbonyl (C=O) groups excluding carboxylic acids is 1. The highest BCUT2D eigenvalue weighted by atomic mass is 19.3. The number of carboxylic acids is 1. The molecule has 0 saturated carbocycles. The molecule has 0 aliphatic carbocycles. The van der Waals surface area contributed by atoms with Crippen molar-refractivity contribution in [2.24, 2.45) is 7.05 Å². The van der Waals surface area contributed by atoms with E-state index in [2.05, 4.69) is 20.3 Å². The second-order valence-corrected chi connectivity index (χ2v) is 11.2. The molecule has 4 heterocycles. The topological polar surface area (TPSA) is 162 Å². The van der Waals surface area contributed by atoms with Gasteiger partial charge in [0.05, 0.1) is 30.0 Å². The van der Waals surface area contributed by atoms with Crippen LogP contribution in [0.3, 0.4) is 0 Å². The molecule has 6 rings (SSSR count). The van der Waals surface area contributed by atoms with Crippen molar-refractivity contribution in [2.75, 3.05) is 31.2 Å². The van der Waals surface area contributed by atoms with Crippen LogP contribution in [0, 0.1) is 12.7 Å². The number of morpholine rings is 1. The molecule has 270 valence electrons. The molecule has 1 aliphatic heterocycles. The summed E-state index contributed by atoms with van der Waals surface area (Å²) in [6.07, 6.45) is 1.86. The van der Waals surface area contributed by atoms with E-state index in [0.717, 1.165) is 11.5 Å². The van der Waals surface area contributed by atoms with Gasteiger partial charge in [-0.1, -0.05) is 26.0 Å². The monoisotopic (exact) mass is 709 g/mol. The fourth-order valence-corrected chi connectivity index (χ4v) is 5.62. The fourth-order valence-electron chi connectivity index (χ4n) is 5.62. The van der Waals surface area contributed by atoms with E-state index in [0.29, 0.717) is 48.5 Å². The third-order valence-corrected chi connectivity index (χ3v) is 7.86. The molecule has 51 heavy (non-hydrogen) atoms. The minimum Gasteiger partial charge on any atom is -0.480 e. The lowest BCUT2D eigenvalue weighted by molar-refractivity contribution is -0.139. The molecule has 1 atom stereocenters. The number of carboxylic acid groups (broad SMARTS) is 1. The van der Waals surface area contributed by atoms with Gasteiger partial charge in [-0.3, -0.25) is 19.1 Å². The van der Waals surface area contributed by atoms with Crippen LogP contribution >= 0.6 is 0 Å². The number of pyridine rings is 1. The molecule has 0 unspecified atom stereocenters. The number of hydrogen-bond acceptors (Lipinski definition) is 9. The molecule has 0 bridgehead atoms. The van der Waals surface area contributed by atoms with Gasteiger partial charge in [0.1, 0.15) is 11.9 Å². The average Bonchev–Trinajstić information content (AvgIpc) is 3.11. The first-order chi connectivity index (χ1) is 24.4. The number of benzene rings is 2. The van der Waals surface area contributed by atoms with Crippen molar-refractivity contribution in [3.63, 3.8) is 0 Å². The molecule has 2 aromatic carbocycles. The number of aliphatic carboxylic acids is 1. The van der Waals surface area contributed by atoms with Crippen LogP contribution in [0.15, 0.2) is 64.6 Å². The summed E-state index contributed by atoms with van der Waals surface area (Å²) < 4.78 is 43.4. The molecule has 1 amide bonds. The number of fused-ring (bicyclic) bond motifs is 2. The van der Waals surface area contributed by atoms with E-state index in [1.165, 1.54) is 42.3 Å². The van der Waals surface area contributed by atoms with Crippen LogP contribution in [0.25, 0.3) is 27.8 Å². The molecule has 1 fully saturated rings. The SMILES string of the molecule is CC.CC(F)F.Cc1cc(N2CCOCC2)cc(F)c1C(=O)N[C@@H](Cc1ccc(-n2c(=O)c3nccnc3n(C)c2=O)c2ncccc12)C(=O)O. The van der Waals surface area contributed by atoms with Gasteiger partial charge in [-0.2, -0.15) is 0 Å². The van der Waals surface area contributed by atoms with E-state index < -0.39 is 41.4 Å². The zero-order valence-electron chi connectivity index (χ0n) is 28.7. The Kier molecular flexibility index (Phi) is 12.6. The van der Waals surface area contributed by atoms with Gasteiger partial charge in [0, 0.05) is 56.2 Å². The van der Waals surface area contributed by atoms with Gasteiger partial charge in [0.25, 0.3) is 11.5 Å². The zero-order valence-corrected chi connectivity index (χ0v) is 28.7. The second kappa shape index (κ2) is 16.8. The maximum Gasteiger partial charge on any atom is 0.337 e. The highest BCUT2D eigenvalue weighted by Gasteiger charge is 2.27. The molecule has 0 spiro atoms. The summed E-state index contributed by atoms with van der Waals surface area (Å²) >= 11 is 0. The van der Waals surface area contributed by atoms with E-state index in [9.17, 15) is 33.1 Å². The Morgan fingerprint density at radius 1 is 1.00 bits per heavy atom. The molecule has 0 radical (unpaired) electrons. The van der Waals surface area contributed by atoms with Crippen molar-refractivity contribution in [1.29, 1.82) is 0 Å². The van der Waals surface area contributed by atoms with Gasteiger partial charge < -0.3 is 20.1 Å². The number of halogens is 3. The van der Waals surface area contributed by atoms with Crippen molar-refractivity contribution >= 4 is 39.6 Å². The predicted molar refractivity (Wildman–Crippen MR) is 185 cm³/mol. The van der Waals surface area contributed by atoms with Gasteiger partial charge in [-0.05, 0) is 49.2 Å². The Bertz CT molecular complexity index is 2140. The smallest absolute Gasteiger partial charge is 0.337 e. The minimum absolute atomic E-state index is 0.0121. The molecule has 2 N–H and O–H groups in total. The van der Waals surface area contributed by atoms with Gasteiger partial charge in [0.15, 0.2) is 11.2 Å². The van der Waals surface area contributed by atoms with Gasteiger partial charge in [-0.15, -0.1) is 0 Å². The zero-order chi connectivity index (χ0) is 37.4. The number of aromatic nitrogens is 5. The molecule has 1 saturated heterocycles. The van der Waals surface area contributed by atoms with Gasteiger partial charge in [0.2, 0.25) is 6.43 Å². The highest BCUT2D eigenvalue weighted by Crippen LogP contribution is 2.26. The van der Waals surface area contributed by atoms with Crippen molar-refractivity contribution in [3.05, 3.63) is 98.3 Å². The van der Waals surface area contributed by atoms with E-state index >= 15 is 4.39 Å². The Morgan fingerprint density at radius 3 is 2.29 bits per heavy atom. The number of carbonyl (C=O) groups is 2. The van der Waals surface area contributed by atoms with Crippen LogP contribution < -0.4 is 21.5 Å². The number of amides is 1. The van der Waals surface area contributed by atoms with Crippen molar-refractivity contribution < 1.29 is 32.6 Å². The predicted octanol–water partition coefficient (Wildman–Crippen LogP) is 4.04. The number of aryl methyl sites for hydroxylation is 2. The van der Waals surface area contributed by atoms with Crippen LogP contribution in [0.2, 0.25) is 0 Å². The van der Waals surface area contributed by atoms with Crippen molar-refractivity contribution in [2.45, 2.75) is 46.6 Å². The standard InChI is InChI=1S/C31H28FN7O6.C2H4F2.C2H6/c1-17-14-19(38-10-12-45-13-11-38)16-21(32)24(17)28(40)36-22(30(42)43)15-18-5-6-23(25-20(18)4-3-7-33-25)39-29(41)26-27(35-9-8-34-26)37(2)31(39)44;1-2(3)4;1-2/h3-9,14,16,22H,10-13,15H2,1-2H3,(H,36,40)(H,42,43);2H,1H3;1-2H3/t22-;;/m0../s1. The first-order valence-electron chi connectivity index (χ1n) is 16.1. The first kappa shape index (κ1) is 38.2. The van der Waals surface area contributed by atoms with Crippen molar-refractivity contribution in [1.82, 2.24) is 29.4 Å². The lowest BCUT2D eigenvalue weighted by Gasteiger charge is -2.29. The van der Waals surface area contributed by atoms with Crippen molar-refractivity contribution in [3.8, 4) is 5.69 Å². The number of rotatable bonds is 7. The molecule has 1 aliphatic rings. The number of ether oxygens (including phenoxy) is 1. The van der Waals surface area contributed by atoms with Gasteiger partial charge in [-0.25, -0.2) is 37.3 Å². The third kappa shape index (κ3) is 8.40. The number of nitrogens with zero attached hydrogens (tertiary/aromatic N) is 6. The van der Waals surface area contributed by atoms with Crippen LogP contribution in [-0.2, 0) is 23.0 Å². The summed E-state index contributed by atoms with van der Waals surface area (Å²) in [5.41, 5.74) is 0.399. The molecular weight excluding hydrogens is 671 g/mol. The molecule has 13 nitrogen and oxygen atoms in total. The Morgan fingerprint density at radius 2 is 1.65 bits per heavy atom. The van der Waals surface area contributed by atoms with Crippen LogP contribution in [0.5, 0.6) is 0 Å². The molecular formula is C35H38F3N7O6. The largest absolute Gasteiger partial charge is 0.480 e. The van der Waals surface area contributed by atoms with Gasteiger partial charge >= 0.3 is 11.7 Å². The van der Waals surface area contributed by atoms with Crippen LogP contribution in [-0.4, -0.2) is 79.8 Å². The van der Waals surface area contributed by atoms with E-state index in [4.69, 9.17) is 4.74 Å². The maximum absolute atomic E-state index is 15.3. The Labute approximate surface area is 290 Å². The summed E-state index contributed by atoms with van der Waals surface area (Å²) in [6.45, 7) is 8.63. The Balaban J connectivity index is 0.000000909.